The van der Waals surface area contributed by atoms with Gasteiger partial charge in [-0.25, -0.2) is 0 Å². The molecule has 12 heavy (non-hydrogen) atoms. The zero-order valence-corrected chi connectivity index (χ0v) is 7.29. The van der Waals surface area contributed by atoms with Crippen LogP contribution in [0.1, 0.15) is 13.3 Å². The largest absolute Gasteiger partial charge is 0.370 e. The Hall–Kier alpha value is -1.05. The van der Waals surface area contributed by atoms with E-state index in [4.69, 9.17) is 0 Å². The van der Waals surface area contributed by atoms with Crippen molar-refractivity contribution >= 4 is 5.78 Å². The fraction of sp³-hybridized carbons (Fsp3) is 0.500. The van der Waals surface area contributed by atoms with Crippen LogP contribution in [0.15, 0.2) is 23.9 Å². The number of fused-ring (bicyclic) bond motifs is 1. The molecule has 2 nitrogen and oxygen atoms in total. The predicted molar refractivity (Wildman–Crippen MR) is 47.6 cm³/mol. The van der Waals surface area contributed by atoms with E-state index in [1.807, 2.05) is 6.08 Å². The number of carbonyl (C=O) groups excluding carboxylic acids is 1. The number of hydrogen-bond donors (Lipinski definition) is 0. The van der Waals surface area contributed by atoms with Crippen LogP contribution in [-0.2, 0) is 4.79 Å². The van der Waals surface area contributed by atoms with Gasteiger partial charge in [-0.15, -0.1) is 0 Å². The maximum Gasteiger partial charge on any atom is 0.138 e. The molecule has 2 aliphatic heterocycles. The van der Waals surface area contributed by atoms with Gasteiger partial charge in [-0.2, -0.15) is 0 Å². The number of hydrogen-bond acceptors (Lipinski definition) is 2. The van der Waals surface area contributed by atoms with E-state index in [0.29, 0.717) is 5.78 Å². The first-order valence-corrected chi connectivity index (χ1v) is 4.41. The Morgan fingerprint density at radius 2 is 2.50 bits per heavy atom. The number of rotatable bonds is 1. The number of carbonyl (C=O) groups is 1. The van der Waals surface area contributed by atoms with Gasteiger partial charge in [-0.3, -0.25) is 4.79 Å². The molecule has 2 heterocycles. The molecule has 0 N–H and O–H groups in total. The summed E-state index contributed by atoms with van der Waals surface area (Å²) >= 11 is 0. The molecule has 0 aromatic heterocycles. The molecule has 0 aliphatic carbocycles. The van der Waals surface area contributed by atoms with E-state index in [1.165, 1.54) is 5.70 Å². The molecule has 0 aromatic carbocycles. The van der Waals surface area contributed by atoms with Crippen LogP contribution < -0.4 is 0 Å². The van der Waals surface area contributed by atoms with Crippen molar-refractivity contribution in [1.82, 2.24) is 4.90 Å². The lowest BCUT2D eigenvalue weighted by Crippen LogP contribution is -2.22. The number of ketones is 1. The van der Waals surface area contributed by atoms with Gasteiger partial charge in [-0.05, 0) is 19.4 Å². The van der Waals surface area contributed by atoms with Gasteiger partial charge in [0.2, 0.25) is 0 Å². The lowest BCUT2D eigenvalue weighted by molar-refractivity contribution is -0.119. The first-order chi connectivity index (χ1) is 5.79. The molecule has 0 amide bonds. The third kappa shape index (κ3) is 1.07. The summed E-state index contributed by atoms with van der Waals surface area (Å²) in [7, 11) is 0. The first-order valence-electron chi connectivity index (χ1n) is 4.41. The second kappa shape index (κ2) is 2.77. The SMILES string of the molecule is CC(=O)C1CCN2CC=CC=C12. The van der Waals surface area contributed by atoms with E-state index in [2.05, 4.69) is 17.1 Å². The molecule has 0 aromatic rings. The lowest BCUT2D eigenvalue weighted by Gasteiger charge is -2.22. The average molecular weight is 163 g/mol. The number of nitrogens with zero attached hydrogens (tertiary/aromatic N) is 1. The zero-order chi connectivity index (χ0) is 8.55. The predicted octanol–water partition coefficient (Wildman–Crippen LogP) is 1.35. The summed E-state index contributed by atoms with van der Waals surface area (Å²) in [6.45, 7) is 3.71. The highest BCUT2D eigenvalue weighted by Crippen LogP contribution is 2.30. The van der Waals surface area contributed by atoms with E-state index in [-0.39, 0.29) is 5.92 Å². The van der Waals surface area contributed by atoms with Gasteiger partial charge in [-0.1, -0.05) is 12.2 Å². The molecule has 1 atom stereocenters. The van der Waals surface area contributed by atoms with Gasteiger partial charge < -0.3 is 4.90 Å². The molecule has 2 heteroatoms. The Kier molecular flexibility index (Phi) is 1.75. The van der Waals surface area contributed by atoms with Crippen molar-refractivity contribution in [3.8, 4) is 0 Å². The molecule has 0 spiro atoms. The molecule has 0 radical (unpaired) electrons. The maximum absolute atomic E-state index is 11.2. The summed E-state index contributed by atoms with van der Waals surface area (Å²) in [5.41, 5.74) is 1.23. The van der Waals surface area contributed by atoms with Crippen molar-refractivity contribution < 1.29 is 4.79 Å². The van der Waals surface area contributed by atoms with Crippen LogP contribution in [0.25, 0.3) is 0 Å². The molecule has 2 aliphatic rings. The van der Waals surface area contributed by atoms with Crippen LogP contribution in [0.5, 0.6) is 0 Å². The van der Waals surface area contributed by atoms with Crippen LogP contribution in [0.4, 0.5) is 0 Å². The molecule has 1 fully saturated rings. The Labute approximate surface area is 72.6 Å². The summed E-state index contributed by atoms with van der Waals surface area (Å²) in [5, 5.41) is 0. The van der Waals surface area contributed by atoms with Crippen LogP contribution in [0.3, 0.4) is 0 Å². The van der Waals surface area contributed by atoms with Crippen molar-refractivity contribution in [3.05, 3.63) is 23.9 Å². The van der Waals surface area contributed by atoms with Gasteiger partial charge in [0, 0.05) is 18.8 Å². The van der Waals surface area contributed by atoms with Gasteiger partial charge in [0.25, 0.3) is 0 Å². The average Bonchev–Trinajstić information content (AvgIpc) is 2.47. The smallest absolute Gasteiger partial charge is 0.138 e. The molecule has 0 bridgehead atoms. The minimum atomic E-state index is 0.176. The van der Waals surface area contributed by atoms with Gasteiger partial charge in [0.15, 0.2) is 0 Å². The maximum atomic E-state index is 11.2. The topological polar surface area (TPSA) is 20.3 Å². The monoisotopic (exact) mass is 163 g/mol. The van der Waals surface area contributed by atoms with E-state index in [0.717, 1.165) is 19.5 Å². The third-order valence-corrected chi connectivity index (χ3v) is 2.63. The molecule has 2 rings (SSSR count). The van der Waals surface area contributed by atoms with Crippen LogP contribution in [-0.4, -0.2) is 23.8 Å². The van der Waals surface area contributed by atoms with Crippen LogP contribution in [0, 0.1) is 5.92 Å². The molecule has 64 valence electrons. The number of allylic oxidation sites excluding steroid dienone is 3. The van der Waals surface area contributed by atoms with Gasteiger partial charge >= 0.3 is 0 Å². The fourth-order valence-corrected chi connectivity index (χ4v) is 1.97. The van der Waals surface area contributed by atoms with Crippen LogP contribution >= 0.6 is 0 Å². The third-order valence-electron chi connectivity index (χ3n) is 2.63. The molecular formula is C10H13NO. The van der Waals surface area contributed by atoms with Gasteiger partial charge in [0.1, 0.15) is 5.78 Å². The van der Waals surface area contributed by atoms with Crippen molar-refractivity contribution in [2.45, 2.75) is 13.3 Å². The van der Waals surface area contributed by atoms with Crippen molar-refractivity contribution in [3.63, 3.8) is 0 Å². The molecule has 0 saturated carbocycles. The highest BCUT2D eigenvalue weighted by Gasteiger charge is 2.30. The highest BCUT2D eigenvalue weighted by molar-refractivity contribution is 5.81. The minimum Gasteiger partial charge on any atom is -0.370 e. The molecular weight excluding hydrogens is 150 g/mol. The second-order valence-electron chi connectivity index (χ2n) is 3.42. The normalized spacial score (nSPS) is 26.9. The Morgan fingerprint density at radius 1 is 1.67 bits per heavy atom. The lowest BCUT2D eigenvalue weighted by atomic mass is 10.00. The minimum absolute atomic E-state index is 0.176. The summed E-state index contributed by atoms with van der Waals surface area (Å²) in [6, 6.07) is 0. The quantitative estimate of drug-likeness (QED) is 0.581. The molecule has 1 saturated heterocycles. The summed E-state index contributed by atoms with van der Waals surface area (Å²) in [5.74, 6) is 0.481. The number of Topliss-reactive ketones (excluding diaryl/α,β-unsaturated/α-hetero) is 1. The Morgan fingerprint density at radius 3 is 3.25 bits per heavy atom. The van der Waals surface area contributed by atoms with E-state index >= 15 is 0 Å². The summed E-state index contributed by atoms with van der Waals surface area (Å²) in [4.78, 5) is 13.5. The van der Waals surface area contributed by atoms with E-state index < -0.39 is 0 Å². The fourth-order valence-electron chi connectivity index (χ4n) is 1.97. The standard InChI is InChI=1S/C10H13NO/c1-8(12)9-5-7-11-6-3-2-4-10(9)11/h2-4,9H,5-7H2,1H3. The van der Waals surface area contributed by atoms with E-state index in [9.17, 15) is 4.79 Å². The molecule has 1 unspecified atom stereocenters. The van der Waals surface area contributed by atoms with Gasteiger partial charge in [0.05, 0.1) is 5.92 Å². The van der Waals surface area contributed by atoms with Crippen molar-refractivity contribution in [1.29, 1.82) is 0 Å². The Balaban J connectivity index is 2.25. The van der Waals surface area contributed by atoms with Crippen LogP contribution in [0.2, 0.25) is 0 Å². The summed E-state index contributed by atoms with van der Waals surface area (Å²) in [6.07, 6.45) is 7.25. The van der Waals surface area contributed by atoms with Crippen molar-refractivity contribution in [2.75, 3.05) is 13.1 Å². The second-order valence-corrected chi connectivity index (χ2v) is 3.42. The Bertz CT molecular complexity index is 265. The summed E-state index contributed by atoms with van der Waals surface area (Å²) < 4.78 is 0. The van der Waals surface area contributed by atoms with E-state index in [1.54, 1.807) is 6.92 Å². The first kappa shape index (κ1) is 7.59. The van der Waals surface area contributed by atoms with Crippen molar-refractivity contribution in [2.24, 2.45) is 5.92 Å². The highest BCUT2D eigenvalue weighted by atomic mass is 16.1. The zero-order valence-electron chi connectivity index (χ0n) is 7.29.